The molecule has 0 radical (unpaired) electrons. The first-order valence-corrected chi connectivity index (χ1v) is 9.75. The van der Waals surface area contributed by atoms with Gasteiger partial charge in [0, 0.05) is 31.7 Å². The zero-order valence-electron chi connectivity index (χ0n) is 15.1. The van der Waals surface area contributed by atoms with Crippen LogP contribution in [0.5, 0.6) is 0 Å². The molecule has 2 fully saturated rings. The van der Waals surface area contributed by atoms with Gasteiger partial charge in [-0.15, -0.1) is 5.10 Å². The zero-order chi connectivity index (χ0) is 17.8. The molecule has 7 nitrogen and oxygen atoms in total. The number of aromatic nitrogens is 5. The predicted octanol–water partition coefficient (Wildman–Crippen LogP) is 2.67. The summed E-state index contributed by atoms with van der Waals surface area (Å²) in [6, 6.07) is 1.73. The Morgan fingerprint density at radius 2 is 1.88 bits per heavy atom. The Balaban J connectivity index is 1.29. The number of rotatable bonds is 4. The van der Waals surface area contributed by atoms with Gasteiger partial charge in [-0.3, -0.25) is 9.48 Å². The first-order valence-electron chi connectivity index (χ1n) is 9.75. The Hall–Kier alpha value is -2.31. The molecule has 0 bridgehead atoms. The molecule has 0 atom stereocenters. The van der Waals surface area contributed by atoms with Gasteiger partial charge in [0.25, 0.3) is 5.91 Å². The van der Waals surface area contributed by atoms with E-state index in [0.717, 1.165) is 32.5 Å². The normalized spacial score (nSPS) is 19.6. The molecule has 1 saturated carbocycles. The molecule has 7 heteroatoms. The summed E-state index contributed by atoms with van der Waals surface area (Å²) in [7, 11) is 0. The van der Waals surface area contributed by atoms with E-state index < -0.39 is 0 Å². The van der Waals surface area contributed by atoms with Gasteiger partial charge in [-0.2, -0.15) is 10.2 Å². The van der Waals surface area contributed by atoms with E-state index in [0.29, 0.717) is 17.4 Å². The van der Waals surface area contributed by atoms with Crippen LogP contribution >= 0.6 is 0 Å². The minimum absolute atomic E-state index is 0.0543. The van der Waals surface area contributed by atoms with Crippen LogP contribution in [0, 0.1) is 5.92 Å². The van der Waals surface area contributed by atoms with Crippen molar-refractivity contribution in [1.82, 2.24) is 30.1 Å². The van der Waals surface area contributed by atoms with Crippen molar-refractivity contribution in [2.45, 2.75) is 57.4 Å². The Morgan fingerprint density at radius 3 is 2.62 bits per heavy atom. The third-order valence-corrected chi connectivity index (χ3v) is 5.76. The van der Waals surface area contributed by atoms with E-state index in [2.05, 4.69) is 26.7 Å². The van der Waals surface area contributed by atoms with E-state index >= 15 is 0 Å². The van der Waals surface area contributed by atoms with Crippen molar-refractivity contribution in [3.05, 3.63) is 35.9 Å². The number of likely N-dealkylation sites (tertiary alicyclic amines) is 1. The lowest BCUT2D eigenvalue weighted by atomic mass is 9.87. The van der Waals surface area contributed by atoms with Gasteiger partial charge in [-0.25, -0.2) is 0 Å². The highest BCUT2D eigenvalue weighted by molar-refractivity contribution is 5.93. The Labute approximate surface area is 153 Å². The summed E-state index contributed by atoms with van der Waals surface area (Å²) < 4.78 is 2.01. The van der Waals surface area contributed by atoms with Crippen molar-refractivity contribution >= 4 is 5.91 Å². The second-order valence-corrected chi connectivity index (χ2v) is 7.57. The van der Waals surface area contributed by atoms with E-state index in [1.165, 1.54) is 44.0 Å². The molecule has 138 valence electrons. The molecule has 1 aliphatic carbocycles. The van der Waals surface area contributed by atoms with Gasteiger partial charge in [0.1, 0.15) is 0 Å². The van der Waals surface area contributed by atoms with Gasteiger partial charge in [-0.1, -0.05) is 24.5 Å². The maximum atomic E-state index is 12.5. The van der Waals surface area contributed by atoms with Gasteiger partial charge in [0.15, 0.2) is 0 Å². The molecule has 26 heavy (non-hydrogen) atoms. The van der Waals surface area contributed by atoms with Crippen molar-refractivity contribution in [3.8, 4) is 0 Å². The van der Waals surface area contributed by atoms with Crippen molar-refractivity contribution in [2.75, 3.05) is 13.1 Å². The number of carbonyl (C=O) groups excluding carboxylic acids is 1. The first kappa shape index (κ1) is 17.1. The van der Waals surface area contributed by atoms with Crippen LogP contribution in [0.3, 0.4) is 0 Å². The number of amides is 1. The fourth-order valence-corrected chi connectivity index (χ4v) is 4.17. The van der Waals surface area contributed by atoms with Crippen LogP contribution in [0.4, 0.5) is 0 Å². The van der Waals surface area contributed by atoms with Crippen LogP contribution in [0.25, 0.3) is 0 Å². The average Bonchev–Trinajstić information content (AvgIpc) is 3.18. The molecule has 0 spiro atoms. The van der Waals surface area contributed by atoms with Crippen molar-refractivity contribution in [2.24, 2.45) is 5.92 Å². The molecule has 0 N–H and O–H groups in total. The molecule has 2 aromatic heterocycles. The van der Waals surface area contributed by atoms with E-state index in [-0.39, 0.29) is 5.91 Å². The van der Waals surface area contributed by atoms with Crippen LogP contribution in [0.15, 0.2) is 24.7 Å². The highest BCUT2D eigenvalue weighted by atomic mass is 16.2. The largest absolute Gasteiger partial charge is 0.339 e. The van der Waals surface area contributed by atoms with E-state index in [9.17, 15) is 4.79 Å². The Bertz CT molecular complexity index is 717. The molecule has 2 aromatic rings. The Morgan fingerprint density at radius 1 is 1.08 bits per heavy atom. The first-order chi connectivity index (χ1) is 12.8. The van der Waals surface area contributed by atoms with E-state index in [1.54, 1.807) is 12.3 Å². The van der Waals surface area contributed by atoms with Gasteiger partial charge in [0.2, 0.25) is 0 Å². The number of hydrogen-bond acceptors (Lipinski definition) is 5. The molecule has 4 rings (SSSR count). The summed E-state index contributed by atoms with van der Waals surface area (Å²) in [6.45, 7) is 2.48. The molecule has 2 aliphatic rings. The standard InChI is InChI=1S/C19H26N6O/c26-19(17-6-9-20-21-12-17)24-10-7-15(8-11-24)13-25-14-18(22-23-25)16-4-2-1-3-5-16/h6,9,12,14-16H,1-5,7-8,10-11,13H2. The van der Waals surface area contributed by atoms with Crippen LogP contribution in [0.1, 0.15) is 66.9 Å². The summed E-state index contributed by atoms with van der Waals surface area (Å²) in [5, 5.41) is 16.3. The lowest BCUT2D eigenvalue weighted by Crippen LogP contribution is -2.39. The van der Waals surface area contributed by atoms with E-state index in [4.69, 9.17) is 0 Å². The van der Waals surface area contributed by atoms with Crippen molar-refractivity contribution in [3.63, 3.8) is 0 Å². The van der Waals surface area contributed by atoms with Gasteiger partial charge >= 0.3 is 0 Å². The molecule has 1 saturated heterocycles. The number of carbonyl (C=O) groups is 1. The lowest BCUT2D eigenvalue weighted by Gasteiger charge is -2.31. The summed E-state index contributed by atoms with van der Waals surface area (Å²) >= 11 is 0. The monoisotopic (exact) mass is 354 g/mol. The SMILES string of the molecule is O=C(c1ccnnc1)N1CCC(Cn2cc(C3CCCCC3)nn2)CC1. The second-order valence-electron chi connectivity index (χ2n) is 7.57. The van der Waals surface area contributed by atoms with Gasteiger partial charge in [-0.05, 0) is 37.7 Å². The number of hydrogen-bond donors (Lipinski definition) is 0. The fraction of sp³-hybridized carbons (Fsp3) is 0.632. The zero-order valence-corrected chi connectivity index (χ0v) is 15.1. The van der Waals surface area contributed by atoms with Gasteiger partial charge < -0.3 is 4.90 Å². The second kappa shape index (κ2) is 7.93. The average molecular weight is 354 g/mol. The molecular weight excluding hydrogens is 328 g/mol. The van der Waals surface area contributed by atoms with Crippen LogP contribution < -0.4 is 0 Å². The van der Waals surface area contributed by atoms with Crippen LogP contribution in [-0.4, -0.2) is 49.1 Å². The number of nitrogens with zero attached hydrogens (tertiary/aromatic N) is 6. The quantitative estimate of drug-likeness (QED) is 0.844. The summed E-state index contributed by atoms with van der Waals surface area (Å²) in [6.07, 6.45) is 13.8. The third-order valence-electron chi connectivity index (χ3n) is 5.76. The number of piperidine rings is 1. The highest BCUT2D eigenvalue weighted by Crippen LogP contribution is 2.31. The summed E-state index contributed by atoms with van der Waals surface area (Å²) in [5.41, 5.74) is 1.79. The predicted molar refractivity (Wildman–Crippen MR) is 96.5 cm³/mol. The molecule has 1 aliphatic heterocycles. The molecule has 0 unspecified atom stereocenters. The van der Waals surface area contributed by atoms with Crippen molar-refractivity contribution in [1.29, 1.82) is 0 Å². The molecular formula is C19H26N6O. The van der Waals surface area contributed by atoms with Crippen LogP contribution in [-0.2, 0) is 6.54 Å². The summed E-state index contributed by atoms with van der Waals surface area (Å²) in [4.78, 5) is 14.4. The topological polar surface area (TPSA) is 76.8 Å². The summed E-state index contributed by atoms with van der Waals surface area (Å²) in [5.74, 6) is 1.21. The third kappa shape index (κ3) is 3.92. The molecule has 3 heterocycles. The highest BCUT2D eigenvalue weighted by Gasteiger charge is 2.25. The smallest absolute Gasteiger partial charge is 0.255 e. The Kier molecular flexibility index (Phi) is 5.22. The maximum absolute atomic E-state index is 12.5. The fourth-order valence-electron chi connectivity index (χ4n) is 4.17. The lowest BCUT2D eigenvalue weighted by molar-refractivity contribution is 0.0680. The van der Waals surface area contributed by atoms with Crippen LogP contribution in [0.2, 0.25) is 0 Å². The minimum atomic E-state index is 0.0543. The molecule has 1 amide bonds. The molecule has 0 aromatic carbocycles. The van der Waals surface area contributed by atoms with Crippen molar-refractivity contribution < 1.29 is 4.79 Å². The van der Waals surface area contributed by atoms with E-state index in [1.807, 2.05) is 9.58 Å². The minimum Gasteiger partial charge on any atom is -0.339 e. The maximum Gasteiger partial charge on any atom is 0.255 e. The van der Waals surface area contributed by atoms with Gasteiger partial charge in [0.05, 0.1) is 23.7 Å².